The lowest BCUT2D eigenvalue weighted by Crippen LogP contribution is -2.49. The molecule has 1 aromatic carbocycles. The highest BCUT2D eigenvalue weighted by atomic mass is 19.1. The lowest BCUT2D eigenvalue weighted by molar-refractivity contribution is -0.136. The van der Waals surface area contributed by atoms with Crippen molar-refractivity contribution in [2.75, 3.05) is 13.1 Å². The summed E-state index contributed by atoms with van der Waals surface area (Å²) in [6.45, 7) is 4.32. The molecule has 27 heavy (non-hydrogen) atoms. The molecule has 2 aromatic rings. The van der Waals surface area contributed by atoms with E-state index in [1.165, 1.54) is 10.5 Å². The summed E-state index contributed by atoms with van der Waals surface area (Å²) in [7, 11) is 0. The second-order valence-electron chi connectivity index (χ2n) is 7.28. The van der Waals surface area contributed by atoms with Gasteiger partial charge in [-0.05, 0) is 31.4 Å². The van der Waals surface area contributed by atoms with Gasteiger partial charge in [-0.2, -0.15) is 0 Å². The quantitative estimate of drug-likeness (QED) is 0.813. The first-order valence-corrected chi connectivity index (χ1v) is 9.19. The van der Waals surface area contributed by atoms with Crippen LogP contribution in [0.15, 0.2) is 28.8 Å². The number of amides is 2. The van der Waals surface area contributed by atoms with Gasteiger partial charge < -0.3 is 14.3 Å². The van der Waals surface area contributed by atoms with Crippen LogP contribution < -0.4 is 0 Å². The molecular formula is C20H22FN3O3. The van der Waals surface area contributed by atoms with Gasteiger partial charge in [0.1, 0.15) is 23.5 Å². The third-order valence-corrected chi connectivity index (χ3v) is 5.49. The number of benzene rings is 1. The third-order valence-electron chi connectivity index (χ3n) is 5.49. The Bertz CT molecular complexity index is 875. The summed E-state index contributed by atoms with van der Waals surface area (Å²) in [4.78, 5) is 29.2. The number of carbonyl (C=O) groups is 2. The molecule has 2 aliphatic heterocycles. The number of rotatable bonds is 2. The summed E-state index contributed by atoms with van der Waals surface area (Å²) < 4.78 is 19.3. The van der Waals surface area contributed by atoms with Gasteiger partial charge in [-0.15, -0.1) is 0 Å². The van der Waals surface area contributed by atoms with Gasteiger partial charge in [0.25, 0.3) is 5.91 Å². The fraction of sp³-hybridized carbons (Fsp3) is 0.450. The van der Waals surface area contributed by atoms with E-state index >= 15 is 0 Å². The topological polar surface area (TPSA) is 66.7 Å². The van der Waals surface area contributed by atoms with Crippen LogP contribution in [0.2, 0.25) is 0 Å². The van der Waals surface area contributed by atoms with Crippen molar-refractivity contribution in [3.8, 4) is 0 Å². The maximum absolute atomic E-state index is 14.2. The molecule has 0 radical (unpaired) electrons. The van der Waals surface area contributed by atoms with Crippen molar-refractivity contribution in [3.05, 3.63) is 52.4 Å². The molecule has 1 saturated heterocycles. The number of hydrogen-bond donors (Lipinski definition) is 0. The molecular weight excluding hydrogens is 349 g/mol. The number of halogens is 1. The minimum Gasteiger partial charge on any atom is -0.361 e. The third kappa shape index (κ3) is 3.11. The Morgan fingerprint density at radius 3 is 2.67 bits per heavy atom. The van der Waals surface area contributed by atoms with Crippen LogP contribution in [0, 0.1) is 13.8 Å². The highest BCUT2D eigenvalue weighted by Crippen LogP contribution is 2.28. The Labute approximate surface area is 156 Å². The molecule has 0 spiro atoms. The maximum Gasteiger partial charge on any atom is 0.260 e. The van der Waals surface area contributed by atoms with Gasteiger partial charge in [0.2, 0.25) is 5.91 Å². The van der Waals surface area contributed by atoms with E-state index in [1.807, 2.05) is 18.2 Å². The number of aryl methyl sites for hydroxylation is 2. The van der Waals surface area contributed by atoms with Crippen LogP contribution in [0.3, 0.4) is 0 Å². The average molecular weight is 371 g/mol. The summed E-state index contributed by atoms with van der Waals surface area (Å²) >= 11 is 0. The van der Waals surface area contributed by atoms with Crippen molar-refractivity contribution in [1.82, 2.24) is 15.0 Å². The Balaban J connectivity index is 1.56. The van der Waals surface area contributed by atoms with Crippen molar-refractivity contribution in [1.29, 1.82) is 0 Å². The number of likely N-dealkylation sites (tertiary alicyclic amines) is 1. The van der Waals surface area contributed by atoms with Crippen molar-refractivity contribution in [2.24, 2.45) is 0 Å². The van der Waals surface area contributed by atoms with E-state index < -0.39 is 12.2 Å². The normalized spacial score (nSPS) is 22.0. The molecule has 1 fully saturated rings. The first kappa shape index (κ1) is 17.7. The van der Waals surface area contributed by atoms with Crippen molar-refractivity contribution < 1.29 is 18.5 Å². The lowest BCUT2D eigenvalue weighted by atomic mass is 9.99. The average Bonchev–Trinajstić information content (AvgIpc) is 3.22. The van der Waals surface area contributed by atoms with Crippen LogP contribution in [0.4, 0.5) is 4.39 Å². The predicted octanol–water partition coefficient (Wildman–Crippen LogP) is 2.43. The van der Waals surface area contributed by atoms with Gasteiger partial charge in [0, 0.05) is 19.5 Å². The molecule has 1 aromatic heterocycles. The van der Waals surface area contributed by atoms with Gasteiger partial charge in [0.05, 0.1) is 12.2 Å². The number of fused-ring (bicyclic) bond motifs is 1. The molecule has 0 aliphatic carbocycles. The zero-order valence-corrected chi connectivity index (χ0v) is 15.4. The molecule has 0 bridgehead atoms. The van der Waals surface area contributed by atoms with Crippen LogP contribution in [0.1, 0.15) is 39.4 Å². The van der Waals surface area contributed by atoms with Crippen molar-refractivity contribution >= 4 is 11.8 Å². The number of hydrogen-bond acceptors (Lipinski definition) is 4. The number of aromatic nitrogens is 1. The minimum absolute atomic E-state index is 0.0338. The molecule has 2 amide bonds. The van der Waals surface area contributed by atoms with Crippen LogP contribution in [0.5, 0.6) is 0 Å². The SMILES string of the molecule is Cc1noc(C)c1C(=O)N1C[C@@H](F)C[C@H]1C(=O)N1CCc2ccccc2C1. The van der Waals surface area contributed by atoms with E-state index in [9.17, 15) is 14.0 Å². The first-order chi connectivity index (χ1) is 13.0. The second-order valence-corrected chi connectivity index (χ2v) is 7.28. The van der Waals surface area contributed by atoms with Crippen LogP contribution in [-0.4, -0.2) is 52.1 Å². The molecule has 0 N–H and O–H groups in total. The Hall–Kier alpha value is -2.70. The number of carbonyl (C=O) groups excluding carboxylic acids is 2. The van der Waals surface area contributed by atoms with E-state index in [1.54, 1.807) is 18.7 Å². The van der Waals surface area contributed by atoms with Gasteiger partial charge in [-0.3, -0.25) is 9.59 Å². The molecule has 2 atom stereocenters. The number of nitrogens with zero attached hydrogens (tertiary/aromatic N) is 3. The molecule has 6 nitrogen and oxygen atoms in total. The van der Waals surface area contributed by atoms with E-state index in [-0.39, 0.29) is 24.8 Å². The molecule has 0 unspecified atom stereocenters. The Morgan fingerprint density at radius 1 is 1.22 bits per heavy atom. The molecule has 2 aliphatic rings. The first-order valence-electron chi connectivity index (χ1n) is 9.19. The van der Waals surface area contributed by atoms with E-state index in [0.29, 0.717) is 30.1 Å². The lowest BCUT2D eigenvalue weighted by Gasteiger charge is -2.33. The van der Waals surface area contributed by atoms with Gasteiger partial charge >= 0.3 is 0 Å². The fourth-order valence-corrected chi connectivity index (χ4v) is 4.07. The maximum atomic E-state index is 14.2. The van der Waals surface area contributed by atoms with E-state index in [0.717, 1.165) is 12.0 Å². The largest absolute Gasteiger partial charge is 0.361 e. The zero-order valence-electron chi connectivity index (χ0n) is 15.4. The summed E-state index contributed by atoms with van der Waals surface area (Å²) in [5.41, 5.74) is 3.12. The highest BCUT2D eigenvalue weighted by Gasteiger charge is 2.43. The zero-order chi connectivity index (χ0) is 19.1. The van der Waals surface area contributed by atoms with Crippen LogP contribution in [-0.2, 0) is 17.8 Å². The fourth-order valence-electron chi connectivity index (χ4n) is 4.07. The monoisotopic (exact) mass is 371 g/mol. The molecule has 4 rings (SSSR count). The predicted molar refractivity (Wildman–Crippen MR) is 95.9 cm³/mol. The highest BCUT2D eigenvalue weighted by molar-refractivity contribution is 5.99. The van der Waals surface area contributed by atoms with Crippen molar-refractivity contribution in [3.63, 3.8) is 0 Å². The summed E-state index contributed by atoms with van der Waals surface area (Å²) in [6, 6.07) is 7.23. The summed E-state index contributed by atoms with van der Waals surface area (Å²) in [5, 5.41) is 3.80. The molecule has 142 valence electrons. The standard InChI is InChI=1S/C20H22FN3O3/c1-12-18(13(2)27-22-12)20(26)24-11-16(21)9-17(24)19(25)23-8-7-14-5-3-4-6-15(14)10-23/h3-6,16-17H,7-11H2,1-2H3/t16-,17-/m0/s1. The summed E-state index contributed by atoms with van der Waals surface area (Å²) in [6.07, 6.45) is -0.405. The van der Waals surface area contributed by atoms with Gasteiger partial charge in [-0.25, -0.2) is 4.39 Å². The molecule has 7 heteroatoms. The van der Waals surface area contributed by atoms with Crippen LogP contribution >= 0.6 is 0 Å². The second kappa shape index (κ2) is 6.79. The van der Waals surface area contributed by atoms with Crippen molar-refractivity contribution in [2.45, 2.75) is 45.4 Å². The summed E-state index contributed by atoms with van der Waals surface area (Å²) in [5.74, 6) is -0.190. The Kier molecular flexibility index (Phi) is 4.45. The number of alkyl halides is 1. The smallest absolute Gasteiger partial charge is 0.260 e. The minimum atomic E-state index is -1.21. The van der Waals surface area contributed by atoms with E-state index in [2.05, 4.69) is 11.2 Å². The van der Waals surface area contributed by atoms with Gasteiger partial charge in [-0.1, -0.05) is 29.4 Å². The van der Waals surface area contributed by atoms with Gasteiger partial charge in [0.15, 0.2) is 0 Å². The van der Waals surface area contributed by atoms with E-state index in [4.69, 9.17) is 4.52 Å². The van der Waals surface area contributed by atoms with Crippen LogP contribution in [0.25, 0.3) is 0 Å². The molecule has 0 saturated carbocycles. The molecule has 3 heterocycles. The Morgan fingerprint density at radius 2 is 1.96 bits per heavy atom.